The minimum atomic E-state index is -3.14. The summed E-state index contributed by atoms with van der Waals surface area (Å²) < 4.78 is 24.3. The number of sulfone groups is 1. The highest BCUT2D eigenvalue weighted by atomic mass is 32.2. The van der Waals surface area contributed by atoms with Crippen LogP contribution in [0.2, 0.25) is 0 Å². The van der Waals surface area contributed by atoms with Crippen LogP contribution in [0.1, 0.15) is 5.69 Å². The van der Waals surface area contributed by atoms with Crippen LogP contribution in [0, 0.1) is 6.92 Å². The van der Waals surface area contributed by atoms with Crippen LogP contribution in [0.4, 0.5) is 0 Å². The van der Waals surface area contributed by atoms with Crippen LogP contribution in [0.5, 0.6) is 0 Å². The number of nitrogens with zero attached hydrogens (tertiary/aromatic N) is 2. The first kappa shape index (κ1) is 9.21. The second-order valence-electron chi connectivity index (χ2n) is 3.26. The molecule has 0 spiro atoms. The van der Waals surface area contributed by atoms with Crippen molar-refractivity contribution in [1.82, 2.24) is 9.38 Å². The van der Waals surface area contributed by atoms with Crippen molar-refractivity contribution in [2.24, 2.45) is 0 Å². The summed E-state index contributed by atoms with van der Waals surface area (Å²) in [7, 11) is -3.14. The van der Waals surface area contributed by atoms with Gasteiger partial charge in [0, 0.05) is 24.3 Å². The fourth-order valence-corrected chi connectivity index (χ4v) is 1.95. The van der Waals surface area contributed by atoms with Crippen molar-refractivity contribution in [2.45, 2.75) is 11.8 Å². The molecule has 0 aliphatic heterocycles. The molecule has 0 saturated heterocycles. The van der Waals surface area contributed by atoms with E-state index in [1.165, 1.54) is 6.26 Å². The van der Waals surface area contributed by atoms with E-state index in [1.807, 2.05) is 11.3 Å². The Morgan fingerprint density at radius 1 is 1.43 bits per heavy atom. The minimum absolute atomic E-state index is 0.301. The summed E-state index contributed by atoms with van der Waals surface area (Å²) in [4.78, 5) is 4.39. The normalized spacial score (nSPS) is 12.1. The second kappa shape index (κ2) is 2.81. The van der Waals surface area contributed by atoms with Crippen LogP contribution in [-0.2, 0) is 9.84 Å². The summed E-state index contributed by atoms with van der Waals surface area (Å²) in [6.45, 7) is 1.92. The van der Waals surface area contributed by atoms with Gasteiger partial charge in [0.25, 0.3) is 0 Å². The maximum Gasteiger partial charge on any atom is 0.175 e. The minimum Gasteiger partial charge on any atom is -0.304 e. The van der Waals surface area contributed by atoms with Crippen LogP contribution in [-0.4, -0.2) is 24.1 Å². The summed E-state index contributed by atoms with van der Waals surface area (Å²) in [5.74, 6) is 0. The average molecular weight is 210 g/mol. The monoisotopic (exact) mass is 210 g/mol. The second-order valence-corrected chi connectivity index (χ2v) is 5.28. The van der Waals surface area contributed by atoms with E-state index in [-0.39, 0.29) is 0 Å². The van der Waals surface area contributed by atoms with E-state index < -0.39 is 9.84 Å². The number of pyridine rings is 1. The molecule has 2 aromatic rings. The lowest BCUT2D eigenvalue weighted by atomic mass is 10.4. The Labute approximate surface area is 82.1 Å². The summed E-state index contributed by atoms with van der Waals surface area (Å²) >= 11 is 0. The Hall–Kier alpha value is -1.36. The molecule has 0 unspecified atom stereocenters. The lowest BCUT2D eigenvalue weighted by Gasteiger charge is -1.99. The van der Waals surface area contributed by atoms with Crippen LogP contribution in [0.25, 0.3) is 5.65 Å². The summed E-state index contributed by atoms with van der Waals surface area (Å²) in [5.41, 5.74) is 1.64. The molecule has 0 bridgehead atoms. The molecule has 0 amide bonds. The molecule has 0 saturated carbocycles. The third-order valence-electron chi connectivity index (χ3n) is 2.10. The first-order valence-electron chi connectivity index (χ1n) is 4.12. The van der Waals surface area contributed by atoms with Crippen LogP contribution >= 0.6 is 0 Å². The number of aromatic nitrogens is 2. The van der Waals surface area contributed by atoms with Gasteiger partial charge in [0.05, 0.1) is 4.90 Å². The molecule has 2 aromatic heterocycles. The van der Waals surface area contributed by atoms with Crippen molar-refractivity contribution < 1.29 is 8.42 Å². The molecule has 5 heteroatoms. The highest BCUT2D eigenvalue weighted by Gasteiger charge is 2.08. The van der Waals surface area contributed by atoms with Gasteiger partial charge in [-0.15, -0.1) is 0 Å². The van der Waals surface area contributed by atoms with E-state index in [0.717, 1.165) is 5.69 Å². The molecule has 14 heavy (non-hydrogen) atoms. The molecule has 0 aromatic carbocycles. The Bertz CT molecular complexity index is 584. The van der Waals surface area contributed by atoms with Crippen molar-refractivity contribution >= 4 is 15.5 Å². The lowest BCUT2D eigenvalue weighted by molar-refractivity contribution is 0.602. The van der Waals surface area contributed by atoms with E-state index in [4.69, 9.17) is 0 Å². The van der Waals surface area contributed by atoms with Gasteiger partial charge in [0.2, 0.25) is 0 Å². The maximum absolute atomic E-state index is 11.2. The van der Waals surface area contributed by atoms with Crippen molar-refractivity contribution in [3.63, 3.8) is 0 Å². The number of aryl methyl sites for hydroxylation is 1. The third kappa shape index (κ3) is 1.39. The first-order valence-corrected chi connectivity index (χ1v) is 6.01. The fourth-order valence-electron chi connectivity index (χ4n) is 1.32. The summed E-state index contributed by atoms with van der Waals surface area (Å²) in [6.07, 6.45) is 4.62. The first-order chi connectivity index (χ1) is 6.48. The zero-order chi connectivity index (χ0) is 10.3. The van der Waals surface area contributed by atoms with E-state index in [2.05, 4.69) is 4.98 Å². The average Bonchev–Trinajstić information content (AvgIpc) is 2.46. The fraction of sp³-hybridized carbons (Fsp3) is 0.222. The molecule has 0 N–H and O–H groups in total. The van der Waals surface area contributed by atoms with Gasteiger partial charge >= 0.3 is 0 Å². The predicted molar refractivity (Wildman–Crippen MR) is 53.0 cm³/mol. The molecule has 0 aliphatic carbocycles. The van der Waals surface area contributed by atoms with Crippen molar-refractivity contribution in [2.75, 3.05) is 6.26 Å². The van der Waals surface area contributed by atoms with E-state index in [1.54, 1.807) is 24.5 Å². The van der Waals surface area contributed by atoms with Crippen LogP contribution in [0.3, 0.4) is 0 Å². The zero-order valence-electron chi connectivity index (χ0n) is 7.93. The van der Waals surface area contributed by atoms with Crippen LogP contribution < -0.4 is 0 Å². The molecule has 2 rings (SSSR count). The highest BCUT2D eigenvalue weighted by molar-refractivity contribution is 7.90. The van der Waals surface area contributed by atoms with Gasteiger partial charge in [0.1, 0.15) is 5.65 Å². The zero-order valence-corrected chi connectivity index (χ0v) is 8.75. The van der Waals surface area contributed by atoms with Crippen molar-refractivity contribution in [3.8, 4) is 0 Å². The Morgan fingerprint density at radius 2 is 2.14 bits per heavy atom. The molecular formula is C9H10N2O2S. The Morgan fingerprint density at radius 3 is 2.79 bits per heavy atom. The third-order valence-corrected chi connectivity index (χ3v) is 3.21. The number of hydrogen-bond acceptors (Lipinski definition) is 3. The van der Waals surface area contributed by atoms with Crippen molar-refractivity contribution in [1.29, 1.82) is 0 Å². The Balaban J connectivity index is 2.76. The molecule has 0 atom stereocenters. The van der Waals surface area contributed by atoms with E-state index in [9.17, 15) is 8.42 Å². The van der Waals surface area contributed by atoms with Crippen molar-refractivity contribution in [3.05, 3.63) is 30.2 Å². The van der Waals surface area contributed by atoms with Crippen LogP contribution in [0.15, 0.2) is 29.4 Å². The summed E-state index contributed by atoms with van der Waals surface area (Å²) in [5, 5.41) is 0. The predicted octanol–water partition coefficient (Wildman–Crippen LogP) is 1.05. The Kier molecular flexibility index (Phi) is 1.85. The topological polar surface area (TPSA) is 51.4 Å². The van der Waals surface area contributed by atoms with Gasteiger partial charge in [0.15, 0.2) is 9.84 Å². The van der Waals surface area contributed by atoms with Gasteiger partial charge in [-0.05, 0) is 19.1 Å². The maximum atomic E-state index is 11.2. The molecule has 0 radical (unpaired) electrons. The highest BCUT2D eigenvalue weighted by Crippen LogP contribution is 2.12. The number of hydrogen-bond donors (Lipinski definition) is 0. The standard InChI is InChI=1S/C9H10N2O2S/c1-7-6-10-9-5-8(14(2,12)13)3-4-11(7)9/h3-6H,1-2H3. The molecule has 0 aliphatic rings. The van der Waals surface area contributed by atoms with E-state index >= 15 is 0 Å². The lowest BCUT2D eigenvalue weighted by Crippen LogP contribution is -1.98. The SMILES string of the molecule is Cc1cnc2cc(S(C)(=O)=O)ccn12. The van der Waals surface area contributed by atoms with Gasteiger partial charge in [-0.1, -0.05) is 0 Å². The van der Waals surface area contributed by atoms with Gasteiger partial charge in [-0.2, -0.15) is 0 Å². The molecule has 0 fully saturated rings. The number of fused-ring (bicyclic) bond motifs is 1. The van der Waals surface area contributed by atoms with Gasteiger partial charge in [-0.3, -0.25) is 0 Å². The van der Waals surface area contributed by atoms with Gasteiger partial charge < -0.3 is 4.40 Å². The number of imidazole rings is 1. The van der Waals surface area contributed by atoms with E-state index in [0.29, 0.717) is 10.5 Å². The smallest absolute Gasteiger partial charge is 0.175 e. The quantitative estimate of drug-likeness (QED) is 0.706. The largest absolute Gasteiger partial charge is 0.304 e. The molecule has 2 heterocycles. The molecular weight excluding hydrogens is 200 g/mol. The molecule has 4 nitrogen and oxygen atoms in total. The summed E-state index contributed by atoms with van der Waals surface area (Å²) in [6, 6.07) is 3.15. The molecule has 74 valence electrons. The van der Waals surface area contributed by atoms with Gasteiger partial charge in [-0.25, -0.2) is 13.4 Å². The number of rotatable bonds is 1.